The lowest BCUT2D eigenvalue weighted by atomic mass is 9.81. The van der Waals surface area contributed by atoms with Crippen molar-refractivity contribution >= 4 is 5.97 Å². The van der Waals surface area contributed by atoms with Gasteiger partial charge in [0.05, 0.1) is 12.3 Å². The van der Waals surface area contributed by atoms with Crippen molar-refractivity contribution in [3.05, 3.63) is 17.2 Å². The van der Waals surface area contributed by atoms with Gasteiger partial charge in [-0.05, 0) is 32.1 Å². The minimum atomic E-state index is -0.281. The summed E-state index contributed by atoms with van der Waals surface area (Å²) in [6.07, 6.45) is 5.73. The number of aromatic amines is 1. The Kier molecular flexibility index (Phi) is 8.35. The fourth-order valence-electron chi connectivity index (χ4n) is 3.03. The van der Waals surface area contributed by atoms with Gasteiger partial charge in [0.25, 0.3) is 0 Å². The Morgan fingerprint density at radius 1 is 1.26 bits per heavy atom. The fourth-order valence-corrected chi connectivity index (χ4v) is 3.03. The molecule has 132 valence electrons. The predicted molar refractivity (Wildman–Crippen MR) is 95.0 cm³/mol. The summed E-state index contributed by atoms with van der Waals surface area (Å²) in [6, 6.07) is 0. The lowest BCUT2D eigenvalue weighted by Gasteiger charge is -2.25. The van der Waals surface area contributed by atoms with E-state index in [0.717, 1.165) is 36.7 Å². The number of H-pyrrole nitrogens is 1. The summed E-state index contributed by atoms with van der Waals surface area (Å²) in [5.41, 5.74) is 1.53. The molecule has 1 aromatic heterocycles. The zero-order valence-electron chi connectivity index (χ0n) is 15.7. The molecule has 1 aliphatic rings. The molecule has 0 radical (unpaired) electrons. The van der Waals surface area contributed by atoms with Gasteiger partial charge in [-0.15, -0.1) is 0 Å². The molecule has 4 nitrogen and oxygen atoms in total. The minimum absolute atomic E-state index is 0.281. The van der Waals surface area contributed by atoms with E-state index in [1.165, 1.54) is 12.8 Å². The third-order valence-electron chi connectivity index (χ3n) is 4.72. The molecule has 1 N–H and O–H groups in total. The second kappa shape index (κ2) is 9.74. The SMILES string of the molecule is CC.CCOC(=O)c1nc([C@@H](C)CC)[nH]c1C1CCC(C)CC1. The zero-order valence-corrected chi connectivity index (χ0v) is 15.7. The van der Waals surface area contributed by atoms with Crippen LogP contribution in [0.5, 0.6) is 0 Å². The first-order chi connectivity index (χ1) is 11.1. The second-order valence-electron chi connectivity index (χ2n) is 6.37. The van der Waals surface area contributed by atoms with E-state index in [0.29, 0.717) is 24.1 Å². The lowest BCUT2D eigenvalue weighted by molar-refractivity contribution is 0.0517. The smallest absolute Gasteiger partial charge is 0.358 e. The number of aromatic nitrogens is 2. The third-order valence-corrected chi connectivity index (χ3v) is 4.72. The summed E-state index contributed by atoms with van der Waals surface area (Å²) in [6.45, 7) is 12.8. The molecule has 2 rings (SSSR count). The van der Waals surface area contributed by atoms with Crippen molar-refractivity contribution in [2.24, 2.45) is 5.92 Å². The van der Waals surface area contributed by atoms with Gasteiger partial charge in [0.2, 0.25) is 0 Å². The molecule has 0 aromatic carbocycles. The van der Waals surface area contributed by atoms with Crippen LogP contribution >= 0.6 is 0 Å². The highest BCUT2D eigenvalue weighted by Crippen LogP contribution is 2.37. The van der Waals surface area contributed by atoms with Gasteiger partial charge < -0.3 is 9.72 Å². The Hall–Kier alpha value is -1.32. The largest absolute Gasteiger partial charge is 0.461 e. The van der Waals surface area contributed by atoms with Gasteiger partial charge in [-0.25, -0.2) is 9.78 Å². The maximum absolute atomic E-state index is 12.2. The van der Waals surface area contributed by atoms with Gasteiger partial charge in [0.15, 0.2) is 5.69 Å². The maximum Gasteiger partial charge on any atom is 0.358 e. The molecule has 1 aliphatic carbocycles. The number of hydrogen-bond acceptors (Lipinski definition) is 3. The molecule has 4 heteroatoms. The summed E-state index contributed by atoms with van der Waals surface area (Å²) >= 11 is 0. The highest BCUT2D eigenvalue weighted by atomic mass is 16.5. The van der Waals surface area contributed by atoms with E-state index in [2.05, 4.69) is 30.7 Å². The van der Waals surface area contributed by atoms with Crippen LogP contribution in [0.4, 0.5) is 0 Å². The number of hydrogen-bond donors (Lipinski definition) is 1. The average Bonchev–Trinajstić information content (AvgIpc) is 3.02. The Morgan fingerprint density at radius 2 is 1.87 bits per heavy atom. The van der Waals surface area contributed by atoms with Crippen LogP contribution < -0.4 is 0 Å². The van der Waals surface area contributed by atoms with Crippen LogP contribution in [-0.2, 0) is 4.74 Å². The predicted octanol–water partition coefficient (Wildman–Crippen LogP) is 5.42. The molecule has 1 aromatic rings. The van der Waals surface area contributed by atoms with E-state index in [4.69, 9.17) is 4.74 Å². The first-order valence-corrected chi connectivity index (χ1v) is 9.33. The quantitative estimate of drug-likeness (QED) is 0.736. The van der Waals surface area contributed by atoms with Gasteiger partial charge >= 0.3 is 5.97 Å². The molecule has 23 heavy (non-hydrogen) atoms. The van der Waals surface area contributed by atoms with Crippen molar-refractivity contribution in [3.63, 3.8) is 0 Å². The zero-order chi connectivity index (χ0) is 17.4. The van der Waals surface area contributed by atoms with Crippen LogP contribution in [0.25, 0.3) is 0 Å². The molecule has 1 saturated carbocycles. The Labute approximate surface area is 141 Å². The van der Waals surface area contributed by atoms with Gasteiger partial charge in [0.1, 0.15) is 5.82 Å². The highest BCUT2D eigenvalue weighted by molar-refractivity contribution is 5.88. The summed E-state index contributed by atoms with van der Waals surface area (Å²) in [7, 11) is 0. The molecule has 1 heterocycles. The summed E-state index contributed by atoms with van der Waals surface area (Å²) < 4.78 is 5.19. The van der Waals surface area contributed by atoms with Crippen LogP contribution in [-0.4, -0.2) is 22.5 Å². The maximum atomic E-state index is 12.2. The summed E-state index contributed by atoms with van der Waals surface area (Å²) in [4.78, 5) is 20.2. The molecule has 0 aliphatic heterocycles. The monoisotopic (exact) mass is 322 g/mol. The van der Waals surface area contributed by atoms with Crippen molar-refractivity contribution in [3.8, 4) is 0 Å². The number of nitrogens with zero attached hydrogens (tertiary/aromatic N) is 1. The van der Waals surface area contributed by atoms with E-state index in [1.54, 1.807) is 0 Å². The van der Waals surface area contributed by atoms with Crippen LogP contribution in [0.1, 0.15) is 107 Å². The van der Waals surface area contributed by atoms with Gasteiger partial charge in [0, 0.05) is 11.8 Å². The molecule has 0 saturated heterocycles. The number of nitrogens with one attached hydrogen (secondary N) is 1. The number of carbonyl (C=O) groups excluding carboxylic acids is 1. The van der Waals surface area contributed by atoms with Crippen LogP contribution in [0.3, 0.4) is 0 Å². The Morgan fingerprint density at radius 3 is 2.39 bits per heavy atom. The molecular weight excluding hydrogens is 288 g/mol. The van der Waals surface area contributed by atoms with Crippen molar-refractivity contribution in [1.82, 2.24) is 9.97 Å². The van der Waals surface area contributed by atoms with E-state index in [-0.39, 0.29) is 5.97 Å². The fraction of sp³-hybridized carbons (Fsp3) is 0.789. The van der Waals surface area contributed by atoms with Crippen molar-refractivity contribution < 1.29 is 9.53 Å². The average molecular weight is 322 g/mol. The van der Waals surface area contributed by atoms with Gasteiger partial charge in [-0.1, -0.05) is 47.5 Å². The molecule has 0 bridgehead atoms. The summed E-state index contributed by atoms with van der Waals surface area (Å²) in [5.74, 6) is 2.20. The van der Waals surface area contributed by atoms with Crippen molar-refractivity contribution in [2.75, 3.05) is 6.61 Å². The molecular formula is C19H34N2O2. The van der Waals surface area contributed by atoms with Crippen LogP contribution in [0, 0.1) is 5.92 Å². The van der Waals surface area contributed by atoms with E-state index >= 15 is 0 Å². The van der Waals surface area contributed by atoms with E-state index in [1.807, 2.05) is 20.8 Å². The lowest BCUT2D eigenvalue weighted by Crippen LogP contribution is -2.15. The number of esters is 1. The minimum Gasteiger partial charge on any atom is -0.461 e. The van der Waals surface area contributed by atoms with Gasteiger partial charge in [-0.3, -0.25) is 0 Å². The van der Waals surface area contributed by atoms with Crippen molar-refractivity contribution in [2.45, 2.75) is 85.5 Å². The molecule has 0 amide bonds. The normalized spacial score (nSPS) is 22.0. The Balaban J connectivity index is 0.00000127. The Bertz CT molecular complexity index is 474. The van der Waals surface area contributed by atoms with Crippen LogP contribution in [0.15, 0.2) is 0 Å². The first kappa shape index (κ1) is 19.7. The number of ether oxygens (including phenoxy) is 1. The topological polar surface area (TPSA) is 55.0 Å². The molecule has 0 spiro atoms. The summed E-state index contributed by atoms with van der Waals surface area (Å²) in [5, 5.41) is 0. The third kappa shape index (κ3) is 5.08. The standard InChI is InChI=1S/C17H28N2O2.C2H6/c1-5-12(4)16-18-14(13-9-7-11(3)8-10-13)15(19-16)17(20)21-6-2;1-2/h11-13H,5-10H2,1-4H3,(H,18,19);1-2H3/t11?,12-,13?;/m0./s1. The molecule has 1 atom stereocenters. The van der Waals surface area contributed by atoms with Gasteiger partial charge in [-0.2, -0.15) is 0 Å². The van der Waals surface area contributed by atoms with E-state index in [9.17, 15) is 4.79 Å². The number of imidazole rings is 1. The molecule has 1 fully saturated rings. The molecule has 0 unspecified atom stereocenters. The first-order valence-electron chi connectivity index (χ1n) is 9.33. The van der Waals surface area contributed by atoms with Crippen molar-refractivity contribution in [1.29, 1.82) is 0 Å². The number of carbonyl (C=O) groups is 1. The number of rotatable bonds is 5. The van der Waals surface area contributed by atoms with E-state index < -0.39 is 0 Å². The van der Waals surface area contributed by atoms with Crippen LogP contribution in [0.2, 0.25) is 0 Å². The highest BCUT2D eigenvalue weighted by Gasteiger charge is 2.28. The second-order valence-corrected chi connectivity index (χ2v) is 6.37.